The molecule has 0 aliphatic heterocycles. The van der Waals surface area contributed by atoms with Gasteiger partial charge in [-0.3, -0.25) is 10.1 Å². The smallest absolute Gasteiger partial charge is 0.341 e. The lowest BCUT2D eigenvalue weighted by atomic mass is 10.0. The zero-order valence-electron chi connectivity index (χ0n) is 18.4. The monoisotopic (exact) mass is 475 g/mol. The van der Waals surface area contributed by atoms with Gasteiger partial charge in [-0.15, -0.1) is 11.3 Å². The van der Waals surface area contributed by atoms with Crippen LogP contribution in [0.2, 0.25) is 0 Å². The van der Waals surface area contributed by atoms with E-state index in [1.54, 1.807) is 19.1 Å². The maximum Gasteiger partial charge on any atom is 0.341 e. The molecular weight excluding hydrogens is 452 g/mol. The summed E-state index contributed by atoms with van der Waals surface area (Å²) in [4.78, 5) is 26.0. The molecular formula is C23H23F2N3O4S. The summed E-state index contributed by atoms with van der Waals surface area (Å²) in [6.45, 7) is 2.05. The number of esters is 1. The molecule has 2 aromatic carbocycles. The van der Waals surface area contributed by atoms with Gasteiger partial charge in [0.2, 0.25) is 0 Å². The molecule has 0 saturated heterocycles. The Morgan fingerprint density at radius 3 is 2.30 bits per heavy atom. The average molecular weight is 476 g/mol. The number of nitrogens with one attached hydrogen (secondary N) is 1. The fraction of sp³-hybridized carbons (Fsp3) is 0.261. The van der Waals surface area contributed by atoms with Crippen LogP contribution in [0, 0.1) is 21.7 Å². The number of anilines is 1. The number of nitro benzene ring substituents is 1. The molecule has 3 aromatic rings. The van der Waals surface area contributed by atoms with Crippen molar-refractivity contribution in [1.29, 1.82) is 0 Å². The minimum Gasteiger partial charge on any atom is -0.462 e. The molecule has 10 heteroatoms. The van der Waals surface area contributed by atoms with Crippen molar-refractivity contribution >= 4 is 28.0 Å². The van der Waals surface area contributed by atoms with Crippen molar-refractivity contribution in [2.75, 3.05) is 26.0 Å². The molecule has 0 bridgehead atoms. The molecule has 1 heterocycles. The van der Waals surface area contributed by atoms with Gasteiger partial charge in [0.05, 0.1) is 17.1 Å². The summed E-state index contributed by atoms with van der Waals surface area (Å²) < 4.78 is 33.5. The number of thiophene rings is 1. The van der Waals surface area contributed by atoms with Crippen LogP contribution >= 0.6 is 11.3 Å². The molecule has 0 spiro atoms. The second kappa shape index (κ2) is 10.5. The minimum absolute atomic E-state index is 0.0524. The maximum atomic E-state index is 14.1. The van der Waals surface area contributed by atoms with Crippen LogP contribution in [0.1, 0.15) is 28.4 Å². The predicted octanol–water partition coefficient (Wildman–Crippen LogP) is 5.45. The third-order valence-corrected chi connectivity index (χ3v) is 6.03. The number of non-ortho nitro benzene ring substituents is 1. The highest BCUT2D eigenvalue weighted by Gasteiger charge is 2.26. The van der Waals surface area contributed by atoms with Crippen LogP contribution in [0.25, 0.3) is 10.4 Å². The average Bonchev–Trinajstić information content (AvgIpc) is 3.11. The number of nitrogens with zero attached hydrogens (tertiary/aromatic N) is 2. The lowest BCUT2D eigenvalue weighted by Crippen LogP contribution is -2.16. The number of carbonyl (C=O) groups excluding carboxylic acids is 1. The Morgan fingerprint density at radius 1 is 1.12 bits per heavy atom. The fourth-order valence-corrected chi connectivity index (χ4v) is 4.51. The van der Waals surface area contributed by atoms with E-state index in [9.17, 15) is 23.7 Å². The fourth-order valence-electron chi connectivity index (χ4n) is 3.31. The first kappa shape index (κ1) is 24.3. The van der Waals surface area contributed by atoms with Crippen LogP contribution in [0.5, 0.6) is 0 Å². The highest BCUT2D eigenvalue weighted by molar-refractivity contribution is 7.20. The van der Waals surface area contributed by atoms with E-state index >= 15 is 0 Å². The van der Waals surface area contributed by atoms with Gasteiger partial charge in [0.15, 0.2) is 0 Å². The minimum atomic E-state index is -0.694. The quantitative estimate of drug-likeness (QED) is 0.252. The van der Waals surface area contributed by atoms with E-state index in [-0.39, 0.29) is 30.0 Å². The third-order valence-electron chi connectivity index (χ3n) is 4.79. The van der Waals surface area contributed by atoms with E-state index in [0.717, 1.165) is 0 Å². The first-order valence-corrected chi connectivity index (χ1v) is 10.9. The Morgan fingerprint density at radius 2 is 1.76 bits per heavy atom. The first-order chi connectivity index (χ1) is 15.7. The summed E-state index contributed by atoms with van der Waals surface area (Å²) in [6.07, 6.45) is 0. The zero-order valence-corrected chi connectivity index (χ0v) is 19.2. The van der Waals surface area contributed by atoms with E-state index in [0.29, 0.717) is 27.5 Å². The number of benzene rings is 2. The van der Waals surface area contributed by atoms with Gasteiger partial charge in [0.25, 0.3) is 5.69 Å². The van der Waals surface area contributed by atoms with E-state index in [2.05, 4.69) is 5.32 Å². The number of nitro groups is 1. The summed E-state index contributed by atoms with van der Waals surface area (Å²) in [5.74, 6) is -1.95. The molecule has 33 heavy (non-hydrogen) atoms. The standard InChI is InChI=1S/C23H23F2N3O4S/c1-4-32-23(29)20-17(13-27(2)3)21(14-8-10-15(11-9-14)28(30)31)33-22(20)26-12-16-18(24)6-5-7-19(16)25/h5-11,26H,4,12-13H2,1-3H3. The van der Waals surface area contributed by atoms with Crippen LogP contribution in [0.3, 0.4) is 0 Å². The number of rotatable bonds is 9. The number of carbonyl (C=O) groups is 1. The van der Waals surface area contributed by atoms with E-state index in [1.165, 1.54) is 41.7 Å². The van der Waals surface area contributed by atoms with Gasteiger partial charge in [-0.2, -0.15) is 0 Å². The van der Waals surface area contributed by atoms with Gasteiger partial charge in [-0.1, -0.05) is 6.07 Å². The first-order valence-electron chi connectivity index (χ1n) is 10.1. The second-order valence-corrected chi connectivity index (χ2v) is 8.45. The predicted molar refractivity (Wildman–Crippen MR) is 123 cm³/mol. The van der Waals surface area contributed by atoms with Crippen molar-refractivity contribution in [1.82, 2.24) is 4.90 Å². The number of ether oxygens (including phenoxy) is 1. The molecule has 174 valence electrons. The van der Waals surface area contributed by atoms with Crippen LogP contribution in [-0.4, -0.2) is 36.5 Å². The SMILES string of the molecule is CCOC(=O)c1c(NCc2c(F)cccc2F)sc(-c2ccc([N+](=O)[O-])cc2)c1CN(C)C. The summed E-state index contributed by atoms with van der Waals surface area (Å²) in [5.41, 5.74) is 1.42. The highest BCUT2D eigenvalue weighted by atomic mass is 32.1. The molecule has 0 amide bonds. The van der Waals surface area contributed by atoms with Crippen molar-refractivity contribution < 1.29 is 23.2 Å². The largest absolute Gasteiger partial charge is 0.462 e. The Bertz CT molecular complexity index is 1140. The molecule has 0 atom stereocenters. The Kier molecular flexibility index (Phi) is 7.72. The van der Waals surface area contributed by atoms with Crippen molar-refractivity contribution in [3.8, 4) is 10.4 Å². The van der Waals surface area contributed by atoms with Gasteiger partial charge >= 0.3 is 5.97 Å². The van der Waals surface area contributed by atoms with E-state index < -0.39 is 22.5 Å². The molecule has 0 radical (unpaired) electrons. The maximum absolute atomic E-state index is 14.1. The second-order valence-electron chi connectivity index (χ2n) is 7.43. The Balaban J connectivity index is 2.10. The summed E-state index contributed by atoms with van der Waals surface area (Å²) in [5, 5.41) is 14.4. The van der Waals surface area contributed by atoms with Crippen LogP contribution in [0.15, 0.2) is 42.5 Å². The van der Waals surface area contributed by atoms with E-state index in [1.807, 2.05) is 19.0 Å². The van der Waals surface area contributed by atoms with Gasteiger partial charge in [-0.05, 0) is 50.8 Å². The number of hydrogen-bond donors (Lipinski definition) is 1. The van der Waals surface area contributed by atoms with Gasteiger partial charge in [-0.25, -0.2) is 13.6 Å². The lowest BCUT2D eigenvalue weighted by molar-refractivity contribution is -0.384. The van der Waals surface area contributed by atoms with Crippen LogP contribution in [0.4, 0.5) is 19.5 Å². The zero-order chi connectivity index (χ0) is 24.1. The van der Waals surface area contributed by atoms with Gasteiger partial charge in [0.1, 0.15) is 16.6 Å². The van der Waals surface area contributed by atoms with Crippen molar-refractivity contribution in [2.24, 2.45) is 0 Å². The molecule has 0 fully saturated rings. The number of hydrogen-bond acceptors (Lipinski definition) is 7. The number of halogens is 2. The van der Waals surface area contributed by atoms with Crippen LogP contribution in [-0.2, 0) is 17.8 Å². The Labute approximate surface area is 193 Å². The highest BCUT2D eigenvalue weighted by Crippen LogP contribution is 2.42. The molecule has 0 unspecified atom stereocenters. The molecule has 1 N–H and O–H groups in total. The van der Waals surface area contributed by atoms with Crippen molar-refractivity contribution in [3.05, 3.63) is 80.9 Å². The summed E-state index contributed by atoms with van der Waals surface area (Å²) >= 11 is 1.23. The topological polar surface area (TPSA) is 84.7 Å². The molecule has 1 aromatic heterocycles. The van der Waals surface area contributed by atoms with Crippen molar-refractivity contribution in [2.45, 2.75) is 20.0 Å². The molecule has 0 aliphatic rings. The van der Waals surface area contributed by atoms with Crippen molar-refractivity contribution in [3.63, 3.8) is 0 Å². The van der Waals surface area contributed by atoms with Gasteiger partial charge < -0.3 is 15.0 Å². The molecule has 0 aliphatic carbocycles. The third kappa shape index (κ3) is 5.52. The Hall–Kier alpha value is -3.37. The van der Waals surface area contributed by atoms with E-state index in [4.69, 9.17) is 4.74 Å². The van der Waals surface area contributed by atoms with Gasteiger partial charge in [0, 0.05) is 41.2 Å². The molecule has 0 saturated carbocycles. The summed E-state index contributed by atoms with van der Waals surface area (Å²) in [7, 11) is 3.68. The summed E-state index contributed by atoms with van der Waals surface area (Å²) in [6, 6.07) is 9.61. The normalized spacial score (nSPS) is 11.0. The molecule has 7 nitrogen and oxygen atoms in total. The lowest BCUT2D eigenvalue weighted by Gasteiger charge is -2.14. The molecule has 3 rings (SSSR count). The van der Waals surface area contributed by atoms with Crippen LogP contribution < -0.4 is 5.32 Å².